The van der Waals surface area contributed by atoms with Gasteiger partial charge in [0.15, 0.2) is 5.96 Å². The quantitative estimate of drug-likeness (QED) is 0.258. The molecule has 148 valence electrons. The molecule has 26 heavy (non-hydrogen) atoms. The Morgan fingerprint density at radius 1 is 1.42 bits per heavy atom. The molecule has 2 heterocycles. The van der Waals surface area contributed by atoms with Gasteiger partial charge in [-0.3, -0.25) is 4.99 Å². The third-order valence-electron chi connectivity index (χ3n) is 4.30. The van der Waals surface area contributed by atoms with Crippen LogP contribution in [0.1, 0.15) is 32.6 Å². The van der Waals surface area contributed by atoms with Crippen LogP contribution in [0.2, 0.25) is 0 Å². The van der Waals surface area contributed by atoms with Gasteiger partial charge in [0, 0.05) is 69.8 Å². The van der Waals surface area contributed by atoms with Crippen molar-refractivity contribution in [1.82, 2.24) is 20.5 Å². The molecule has 1 fully saturated rings. The number of nitrogens with one attached hydrogen (secondary N) is 2. The first kappa shape index (κ1) is 21.5. The van der Waals surface area contributed by atoms with Crippen molar-refractivity contribution in [2.75, 3.05) is 52.2 Å². The van der Waals surface area contributed by atoms with E-state index in [1.54, 1.807) is 18.4 Å². The van der Waals surface area contributed by atoms with Gasteiger partial charge in [0.2, 0.25) is 0 Å². The van der Waals surface area contributed by atoms with Gasteiger partial charge in [0.05, 0.1) is 0 Å². The zero-order valence-corrected chi connectivity index (χ0v) is 17.7. The average Bonchev–Trinajstić information content (AvgIpc) is 3.17. The second kappa shape index (κ2) is 13.4. The van der Waals surface area contributed by atoms with E-state index in [-0.39, 0.29) is 0 Å². The number of guanidine groups is 1. The van der Waals surface area contributed by atoms with Crippen LogP contribution in [0.15, 0.2) is 20.9 Å². The average molecular weight is 400 g/mol. The molecule has 1 saturated heterocycles. The number of nitrogens with zero attached hydrogens (tertiary/aromatic N) is 3. The van der Waals surface area contributed by atoms with Crippen LogP contribution in [0.4, 0.5) is 0 Å². The van der Waals surface area contributed by atoms with E-state index in [9.17, 15) is 0 Å². The second-order valence-corrected chi connectivity index (χ2v) is 8.60. The lowest BCUT2D eigenvalue weighted by Gasteiger charge is -2.33. The lowest BCUT2D eigenvalue weighted by molar-refractivity contribution is 0.155. The molecule has 0 unspecified atom stereocenters. The van der Waals surface area contributed by atoms with Crippen molar-refractivity contribution in [1.29, 1.82) is 0 Å². The Labute approximate surface area is 166 Å². The molecular formula is C18H33N5OS2. The number of hydrogen-bond acceptors (Lipinski definition) is 6. The first-order valence-corrected chi connectivity index (χ1v) is 11.5. The third kappa shape index (κ3) is 8.70. The maximum Gasteiger partial charge on any atom is 0.191 e. The van der Waals surface area contributed by atoms with Crippen LogP contribution in [0.3, 0.4) is 0 Å². The highest BCUT2D eigenvalue weighted by Crippen LogP contribution is 2.20. The summed E-state index contributed by atoms with van der Waals surface area (Å²) in [5, 5.41) is 9.02. The Kier molecular flexibility index (Phi) is 11.0. The number of rotatable bonds is 11. The summed E-state index contributed by atoms with van der Waals surface area (Å²) in [5.41, 5.74) is 0. The summed E-state index contributed by atoms with van der Waals surface area (Å²) in [5.74, 6) is 2.03. The van der Waals surface area contributed by atoms with E-state index in [0.29, 0.717) is 6.04 Å². The molecule has 0 amide bonds. The zero-order chi connectivity index (χ0) is 18.5. The molecule has 0 saturated carbocycles. The largest absolute Gasteiger partial charge is 0.385 e. The van der Waals surface area contributed by atoms with Gasteiger partial charge in [-0.1, -0.05) is 11.8 Å². The van der Waals surface area contributed by atoms with Crippen molar-refractivity contribution in [3.63, 3.8) is 0 Å². The molecule has 6 nitrogen and oxygen atoms in total. The Morgan fingerprint density at radius 2 is 2.27 bits per heavy atom. The monoisotopic (exact) mass is 399 g/mol. The minimum absolute atomic E-state index is 0.524. The summed E-state index contributed by atoms with van der Waals surface area (Å²) in [6.07, 6.45) is 6.41. The summed E-state index contributed by atoms with van der Waals surface area (Å²) in [6.45, 7) is 8.19. The van der Waals surface area contributed by atoms with Crippen LogP contribution in [-0.4, -0.2) is 74.1 Å². The Morgan fingerprint density at radius 3 is 2.96 bits per heavy atom. The number of aliphatic imine (C=N–C) groups is 1. The molecular weight excluding hydrogens is 366 g/mol. The maximum atomic E-state index is 5.14. The number of piperidine rings is 1. The number of aromatic nitrogens is 1. The van der Waals surface area contributed by atoms with Crippen LogP contribution in [0.25, 0.3) is 0 Å². The fourth-order valence-corrected chi connectivity index (χ4v) is 4.58. The van der Waals surface area contributed by atoms with Crippen molar-refractivity contribution < 1.29 is 4.74 Å². The standard InChI is InChI=1S/C18H33N5OS2/c1-3-19-17(20-8-4-14-25-18-21-9-15-26-18)22-16-6-11-23(12-7-16)10-5-13-24-2/h9,15-16H,3-8,10-14H2,1-2H3,(H2,19,20,22). The van der Waals surface area contributed by atoms with Crippen LogP contribution in [-0.2, 0) is 4.74 Å². The van der Waals surface area contributed by atoms with Crippen LogP contribution in [0.5, 0.6) is 0 Å². The first-order chi connectivity index (χ1) is 12.8. The molecule has 0 aliphatic carbocycles. The van der Waals surface area contributed by atoms with E-state index in [0.717, 1.165) is 68.2 Å². The normalized spacial score (nSPS) is 16.8. The molecule has 0 aromatic carbocycles. The summed E-state index contributed by atoms with van der Waals surface area (Å²) < 4.78 is 6.29. The molecule has 1 aromatic heterocycles. The van der Waals surface area contributed by atoms with Gasteiger partial charge in [-0.25, -0.2) is 4.98 Å². The third-order valence-corrected chi connectivity index (χ3v) is 6.36. The molecule has 2 N–H and O–H groups in total. The molecule has 1 aliphatic rings. The van der Waals surface area contributed by atoms with Crippen molar-refractivity contribution in [2.24, 2.45) is 4.99 Å². The first-order valence-electron chi connectivity index (χ1n) is 9.60. The Hall–Kier alpha value is -0.830. The molecule has 1 aliphatic heterocycles. The lowest BCUT2D eigenvalue weighted by Crippen LogP contribution is -2.48. The van der Waals surface area contributed by atoms with E-state index in [1.807, 2.05) is 23.3 Å². The summed E-state index contributed by atoms with van der Waals surface area (Å²) in [7, 11) is 1.77. The number of ether oxygens (including phenoxy) is 1. The Bertz CT molecular complexity index is 490. The Balaban J connectivity index is 1.63. The van der Waals surface area contributed by atoms with Crippen molar-refractivity contribution >= 4 is 29.1 Å². The highest BCUT2D eigenvalue weighted by Gasteiger charge is 2.19. The smallest absolute Gasteiger partial charge is 0.191 e. The van der Waals surface area contributed by atoms with Crippen LogP contribution in [0, 0.1) is 0 Å². The fraction of sp³-hybridized carbons (Fsp3) is 0.778. The van der Waals surface area contributed by atoms with Crippen molar-refractivity contribution in [2.45, 2.75) is 43.0 Å². The van der Waals surface area contributed by atoms with Gasteiger partial charge in [-0.2, -0.15) is 0 Å². The second-order valence-electron chi connectivity index (χ2n) is 6.37. The summed E-state index contributed by atoms with van der Waals surface area (Å²) in [6, 6.07) is 0.524. The zero-order valence-electron chi connectivity index (χ0n) is 16.1. The minimum Gasteiger partial charge on any atom is -0.385 e. The van der Waals surface area contributed by atoms with E-state index in [2.05, 4.69) is 27.4 Å². The predicted molar refractivity (Wildman–Crippen MR) is 113 cm³/mol. The van der Waals surface area contributed by atoms with Gasteiger partial charge in [-0.05, 0) is 32.6 Å². The van der Waals surface area contributed by atoms with Gasteiger partial charge >= 0.3 is 0 Å². The van der Waals surface area contributed by atoms with Gasteiger partial charge in [-0.15, -0.1) is 11.3 Å². The number of thiazole rings is 1. The van der Waals surface area contributed by atoms with Crippen LogP contribution >= 0.6 is 23.1 Å². The number of methoxy groups -OCH3 is 1. The molecule has 8 heteroatoms. The molecule has 0 radical (unpaired) electrons. The minimum atomic E-state index is 0.524. The number of hydrogen-bond donors (Lipinski definition) is 2. The molecule has 0 atom stereocenters. The molecule has 1 aromatic rings. The van der Waals surface area contributed by atoms with Crippen LogP contribution < -0.4 is 10.6 Å². The van der Waals surface area contributed by atoms with Crippen molar-refractivity contribution in [3.05, 3.63) is 11.6 Å². The fourth-order valence-electron chi connectivity index (χ4n) is 2.94. The summed E-state index contributed by atoms with van der Waals surface area (Å²) >= 11 is 3.52. The van der Waals surface area contributed by atoms with Crippen molar-refractivity contribution in [3.8, 4) is 0 Å². The van der Waals surface area contributed by atoms with Gasteiger partial charge in [0.25, 0.3) is 0 Å². The predicted octanol–water partition coefficient (Wildman–Crippen LogP) is 2.68. The topological polar surface area (TPSA) is 61.8 Å². The van der Waals surface area contributed by atoms with E-state index in [4.69, 9.17) is 9.73 Å². The van der Waals surface area contributed by atoms with E-state index < -0.39 is 0 Å². The molecule has 2 rings (SSSR count). The number of likely N-dealkylation sites (tertiary alicyclic amines) is 1. The van der Waals surface area contributed by atoms with E-state index >= 15 is 0 Å². The molecule has 0 spiro atoms. The van der Waals surface area contributed by atoms with E-state index in [1.165, 1.54) is 12.8 Å². The highest BCUT2D eigenvalue weighted by molar-refractivity contribution is 8.00. The highest BCUT2D eigenvalue weighted by atomic mass is 32.2. The SMILES string of the molecule is CCNC(=NCCCSc1nccs1)NC1CCN(CCCOC)CC1. The number of thioether (sulfide) groups is 1. The lowest BCUT2D eigenvalue weighted by atomic mass is 10.1. The summed E-state index contributed by atoms with van der Waals surface area (Å²) in [4.78, 5) is 11.6. The molecule has 0 bridgehead atoms. The van der Waals surface area contributed by atoms with Gasteiger partial charge < -0.3 is 20.3 Å². The van der Waals surface area contributed by atoms with Gasteiger partial charge in [0.1, 0.15) is 4.34 Å². The maximum absolute atomic E-state index is 5.14.